The Labute approximate surface area is 126 Å². The summed E-state index contributed by atoms with van der Waals surface area (Å²) in [6, 6.07) is 5.55. The van der Waals surface area contributed by atoms with E-state index in [4.69, 9.17) is 15.0 Å². The van der Waals surface area contributed by atoms with E-state index < -0.39 is 0 Å². The smallest absolute Gasteiger partial charge is 0.258 e. The van der Waals surface area contributed by atoms with Crippen LogP contribution in [0, 0.1) is 0 Å². The summed E-state index contributed by atoms with van der Waals surface area (Å²) in [6.07, 6.45) is 1.75. The highest BCUT2D eigenvalue weighted by Gasteiger charge is 2.18. The van der Waals surface area contributed by atoms with E-state index in [1.54, 1.807) is 6.07 Å². The van der Waals surface area contributed by atoms with Gasteiger partial charge in [-0.2, -0.15) is 4.98 Å². The van der Waals surface area contributed by atoms with Gasteiger partial charge in [-0.1, -0.05) is 18.5 Å². The minimum atomic E-state index is -0.115. The molecule has 1 heterocycles. The fraction of sp³-hybridized carbons (Fsp3) is 0.429. The zero-order valence-electron chi connectivity index (χ0n) is 11.6. The third-order valence-electron chi connectivity index (χ3n) is 2.89. The van der Waals surface area contributed by atoms with Gasteiger partial charge in [0, 0.05) is 22.3 Å². The molecule has 0 bridgehead atoms. The third kappa shape index (κ3) is 3.37. The molecule has 6 heteroatoms. The van der Waals surface area contributed by atoms with Crippen LogP contribution >= 0.6 is 15.9 Å². The minimum Gasteiger partial charge on any atom is -0.398 e. The fourth-order valence-corrected chi connectivity index (χ4v) is 2.16. The number of benzene rings is 1. The molecule has 2 aromatic rings. The molecule has 0 saturated carbocycles. The fourth-order valence-electron chi connectivity index (χ4n) is 1.91. The molecule has 0 amide bonds. The van der Waals surface area contributed by atoms with Crippen molar-refractivity contribution in [2.45, 2.75) is 32.8 Å². The lowest BCUT2D eigenvalue weighted by Gasteiger charge is -2.11. The molecule has 1 atom stereocenters. The van der Waals surface area contributed by atoms with Crippen LogP contribution in [0.15, 0.2) is 27.2 Å². The second kappa shape index (κ2) is 6.85. The molecule has 0 aliphatic heterocycles. The predicted octanol–water partition coefficient (Wildman–Crippen LogP) is 3.96. The van der Waals surface area contributed by atoms with Crippen LogP contribution < -0.4 is 5.73 Å². The molecule has 1 aromatic heterocycles. The molecule has 0 aliphatic carbocycles. The first-order valence-corrected chi connectivity index (χ1v) is 7.45. The molecule has 108 valence electrons. The molecule has 1 unspecified atom stereocenters. The number of rotatable bonds is 6. The second-order valence-electron chi connectivity index (χ2n) is 4.43. The van der Waals surface area contributed by atoms with E-state index in [0.717, 1.165) is 22.9 Å². The highest BCUT2D eigenvalue weighted by molar-refractivity contribution is 9.10. The van der Waals surface area contributed by atoms with Crippen molar-refractivity contribution in [3.63, 3.8) is 0 Å². The first-order chi connectivity index (χ1) is 9.65. The molecular formula is C14H18BrN3O2. The molecule has 5 nitrogen and oxygen atoms in total. The Kier molecular flexibility index (Phi) is 5.14. The Morgan fingerprint density at radius 3 is 2.85 bits per heavy atom. The number of nitrogens with two attached hydrogens (primary N) is 1. The van der Waals surface area contributed by atoms with Crippen LogP contribution in [-0.4, -0.2) is 16.7 Å². The number of hydrogen-bond acceptors (Lipinski definition) is 5. The van der Waals surface area contributed by atoms with Gasteiger partial charge in [-0.3, -0.25) is 0 Å². The van der Waals surface area contributed by atoms with Crippen molar-refractivity contribution in [1.82, 2.24) is 10.1 Å². The largest absolute Gasteiger partial charge is 0.398 e. The highest BCUT2D eigenvalue weighted by atomic mass is 79.9. The molecule has 20 heavy (non-hydrogen) atoms. The predicted molar refractivity (Wildman–Crippen MR) is 81.1 cm³/mol. The average Bonchev–Trinajstić information content (AvgIpc) is 2.91. The van der Waals surface area contributed by atoms with Crippen LogP contribution in [-0.2, 0) is 4.74 Å². The van der Waals surface area contributed by atoms with Crippen molar-refractivity contribution in [1.29, 1.82) is 0 Å². The molecule has 0 radical (unpaired) electrons. The quantitative estimate of drug-likeness (QED) is 0.806. The molecule has 0 spiro atoms. The lowest BCUT2D eigenvalue weighted by Crippen LogP contribution is -2.05. The first-order valence-electron chi connectivity index (χ1n) is 6.66. The van der Waals surface area contributed by atoms with Crippen LogP contribution in [0.1, 0.15) is 38.6 Å². The van der Waals surface area contributed by atoms with E-state index in [9.17, 15) is 0 Å². The van der Waals surface area contributed by atoms with E-state index in [-0.39, 0.29) is 6.10 Å². The summed E-state index contributed by atoms with van der Waals surface area (Å²) in [6.45, 7) is 4.68. The van der Waals surface area contributed by atoms with Gasteiger partial charge in [0.25, 0.3) is 5.89 Å². The normalized spacial score (nSPS) is 12.6. The number of nitrogens with zero attached hydrogens (tertiary/aromatic N) is 2. The van der Waals surface area contributed by atoms with Gasteiger partial charge in [0.05, 0.1) is 0 Å². The van der Waals surface area contributed by atoms with Crippen molar-refractivity contribution >= 4 is 21.6 Å². The first kappa shape index (κ1) is 15.0. The van der Waals surface area contributed by atoms with Gasteiger partial charge in [0.2, 0.25) is 5.82 Å². The summed E-state index contributed by atoms with van der Waals surface area (Å²) in [4.78, 5) is 4.42. The SMILES string of the molecule is CCCC(OCC)c1noc(-c2ccc(Br)c(N)c2)n1. The van der Waals surface area contributed by atoms with Crippen LogP contribution in [0.4, 0.5) is 5.69 Å². The zero-order chi connectivity index (χ0) is 14.5. The number of aromatic nitrogens is 2. The molecule has 2 rings (SSSR count). The summed E-state index contributed by atoms with van der Waals surface area (Å²) in [7, 11) is 0. The van der Waals surface area contributed by atoms with E-state index in [1.807, 2.05) is 19.1 Å². The van der Waals surface area contributed by atoms with Crippen molar-refractivity contribution in [2.24, 2.45) is 0 Å². The van der Waals surface area contributed by atoms with Crippen molar-refractivity contribution < 1.29 is 9.26 Å². The van der Waals surface area contributed by atoms with E-state index >= 15 is 0 Å². The van der Waals surface area contributed by atoms with E-state index in [0.29, 0.717) is 24.0 Å². The van der Waals surface area contributed by atoms with Gasteiger partial charge in [-0.25, -0.2) is 0 Å². The summed E-state index contributed by atoms with van der Waals surface area (Å²) in [5, 5.41) is 4.02. The molecular weight excluding hydrogens is 322 g/mol. The molecule has 1 aromatic carbocycles. The summed E-state index contributed by atoms with van der Waals surface area (Å²) in [5.74, 6) is 1.05. The Bertz CT molecular complexity index is 565. The Morgan fingerprint density at radius 1 is 1.40 bits per heavy atom. The van der Waals surface area contributed by atoms with Gasteiger partial charge in [-0.05, 0) is 47.5 Å². The molecule has 0 aliphatic rings. The topological polar surface area (TPSA) is 74.2 Å². The summed E-state index contributed by atoms with van der Waals surface area (Å²) >= 11 is 3.36. The Balaban J connectivity index is 2.24. The maximum atomic E-state index is 5.86. The summed E-state index contributed by atoms with van der Waals surface area (Å²) in [5.41, 5.74) is 7.30. The minimum absolute atomic E-state index is 0.115. The summed E-state index contributed by atoms with van der Waals surface area (Å²) < 4.78 is 11.8. The van der Waals surface area contributed by atoms with E-state index in [2.05, 4.69) is 33.0 Å². The standard InChI is InChI=1S/C14H18BrN3O2/c1-3-5-12(19-4-2)13-17-14(20-18-13)9-6-7-10(15)11(16)8-9/h6-8,12H,3-5,16H2,1-2H3. The zero-order valence-corrected chi connectivity index (χ0v) is 13.2. The van der Waals surface area contributed by atoms with Crippen molar-refractivity contribution in [3.05, 3.63) is 28.5 Å². The molecule has 2 N–H and O–H groups in total. The van der Waals surface area contributed by atoms with Crippen LogP contribution in [0.3, 0.4) is 0 Å². The van der Waals surface area contributed by atoms with Gasteiger partial charge in [0.1, 0.15) is 6.10 Å². The average molecular weight is 340 g/mol. The lowest BCUT2D eigenvalue weighted by molar-refractivity contribution is 0.0478. The van der Waals surface area contributed by atoms with E-state index in [1.165, 1.54) is 0 Å². The van der Waals surface area contributed by atoms with Gasteiger partial charge in [0.15, 0.2) is 0 Å². The monoisotopic (exact) mass is 339 g/mol. The van der Waals surface area contributed by atoms with Crippen molar-refractivity contribution in [2.75, 3.05) is 12.3 Å². The third-order valence-corrected chi connectivity index (χ3v) is 3.61. The molecule has 0 fully saturated rings. The van der Waals surface area contributed by atoms with Crippen LogP contribution in [0.2, 0.25) is 0 Å². The number of halogens is 1. The molecule has 0 saturated heterocycles. The lowest BCUT2D eigenvalue weighted by atomic mass is 10.2. The number of anilines is 1. The van der Waals surface area contributed by atoms with Crippen molar-refractivity contribution in [3.8, 4) is 11.5 Å². The van der Waals surface area contributed by atoms with Crippen LogP contribution in [0.5, 0.6) is 0 Å². The Morgan fingerprint density at radius 2 is 2.20 bits per heavy atom. The maximum absolute atomic E-state index is 5.86. The second-order valence-corrected chi connectivity index (χ2v) is 5.28. The highest BCUT2D eigenvalue weighted by Crippen LogP contribution is 2.28. The van der Waals surface area contributed by atoms with Gasteiger partial charge >= 0.3 is 0 Å². The van der Waals surface area contributed by atoms with Gasteiger partial charge < -0.3 is 15.0 Å². The van der Waals surface area contributed by atoms with Gasteiger partial charge in [-0.15, -0.1) is 0 Å². The number of nitrogen functional groups attached to an aromatic ring is 1. The Hall–Kier alpha value is -1.40. The van der Waals surface area contributed by atoms with Crippen LogP contribution in [0.25, 0.3) is 11.5 Å². The number of ether oxygens (including phenoxy) is 1. The number of hydrogen-bond donors (Lipinski definition) is 1. The maximum Gasteiger partial charge on any atom is 0.258 e.